The van der Waals surface area contributed by atoms with Gasteiger partial charge in [-0.3, -0.25) is 4.79 Å². The van der Waals surface area contributed by atoms with E-state index in [9.17, 15) is 4.79 Å². The Bertz CT molecular complexity index is 1420. The molecule has 1 N–H and O–H groups in total. The van der Waals surface area contributed by atoms with E-state index in [1.54, 1.807) is 18.3 Å². The summed E-state index contributed by atoms with van der Waals surface area (Å²) in [6.45, 7) is 0. The number of ether oxygens (including phenoxy) is 2. The monoisotopic (exact) mass is 374 g/mol. The number of aromatic amines is 1. The number of hydrogen-bond acceptors (Lipinski definition) is 7. The number of benzene rings is 2. The molecule has 0 unspecified atom stereocenters. The molecule has 5 aromatic rings. The Kier molecular flexibility index (Phi) is 3.48. The number of nitrogens with zero attached hydrogens (tertiary/aromatic N) is 5. The Hall–Kier alpha value is -4.01. The molecule has 3 aromatic heterocycles. The fraction of sp³-hybridized carbons (Fsp3) is 0.105. The lowest BCUT2D eigenvalue weighted by Crippen LogP contribution is -2.24. The highest BCUT2D eigenvalue weighted by molar-refractivity contribution is 6.03. The molecule has 0 aliphatic carbocycles. The summed E-state index contributed by atoms with van der Waals surface area (Å²) in [4.78, 5) is 20.8. The molecule has 0 saturated heterocycles. The number of nitrogens with one attached hydrogen (secondary N) is 1. The summed E-state index contributed by atoms with van der Waals surface area (Å²) < 4.78 is 11.8. The topological polar surface area (TPSA) is 108 Å². The summed E-state index contributed by atoms with van der Waals surface area (Å²) in [5, 5.41) is 14.4. The summed E-state index contributed by atoms with van der Waals surface area (Å²) in [6, 6.07) is 11.2. The summed E-state index contributed by atoms with van der Waals surface area (Å²) in [6.07, 6.45) is 1.55. The highest BCUT2D eigenvalue weighted by Crippen LogP contribution is 2.33. The van der Waals surface area contributed by atoms with E-state index in [0.717, 1.165) is 15.6 Å². The van der Waals surface area contributed by atoms with Crippen molar-refractivity contribution < 1.29 is 9.47 Å². The van der Waals surface area contributed by atoms with E-state index >= 15 is 0 Å². The van der Waals surface area contributed by atoms with Crippen LogP contribution in [0.5, 0.6) is 11.5 Å². The van der Waals surface area contributed by atoms with Gasteiger partial charge in [0.2, 0.25) is 0 Å². The van der Waals surface area contributed by atoms with Crippen LogP contribution in [-0.2, 0) is 0 Å². The number of hydrogen-bond donors (Lipinski definition) is 1. The number of fused-ring (bicyclic) bond motifs is 4. The maximum absolute atomic E-state index is 13.1. The molecule has 28 heavy (non-hydrogen) atoms. The van der Waals surface area contributed by atoms with E-state index in [1.807, 2.05) is 24.3 Å². The van der Waals surface area contributed by atoms with Crippen LogP contribution in [0.4, 0.5) is 0 Å². The van der Waals surface area contributed by atoms with Gasteiger partial charge in [0.15, 0.2) is 17.1 Å². The molecule has 5 rings (SSSR count). The molecular weight excluding hydrogens is 360 g/mol. The van der Waals surface area contributed by atoms with Crippen LogP contribution in [0.1, 0.15) is 0 Å². The van der Waals surface area contributed by atoms with Gasteiger partial charge in [-0.15, -0.1) is 10.2 Å². The summed E-state index contributed by atoms with van der Waals surface area (Å²) >= 11 is 0. The normalized spacial score (nSPS) is 11.4. The van der Waals surface area contributed by atoms with Gasteiger partial charge >= 0.3 is 0 Å². The third-order valence-electron chi connectivity index (χ3n) is 4.60. The second-order valence-corrected chi connectivity index (χ2v) is 6.11. The molecule has 2 aromatic carbocycles. The first-order chi connectivity index (χ1) is 13.7. The average molecular weight is 374 g/mol. The van der Waals surface area contributed by atoms with Gasteiger partial charge < -0.3 is 14.5 Å². The van der Waals surface area contributed by atoms with Gasteiger partial charge in [-0.25, -0.2) is 0 Å². The van der Waals surface area contributed by atoms with E-state index in [4.69, 9.17) is 9.47 Å². The molecule has 0 aliphatic rings. The number of H-pyrrole nitrogens is 1. The van der Waals surface area contributed by atoms with Crippen molar-refractivity contribution in [3.05, 3.63) is 52.9 Å². The number of methoxy groups -OCH3 is 2. The van der Waals surface area contributed by atoms with Crippen molar-refractivity contribution in [3.63, 3.8) is 0 Å². The van der Waals surface area contributed by atoms with Crippen LogP contribution in [0, 0.1) is 0 Å². The Morgan fingerprint density at radius 1 is 1.04 bits per heavy atom. The fourth-order valence-electron chi connectivity index (χ4n) is 3.29. The number of rotatable bonds is 3. The van der Waals surface area contributed by atoms with Crippen molar-refractivity contribution >= 4 is 32.8 Å². The minimum absolute atomic E-state index is 0.0656. The van der Waals surface area contributed by atoms with Crippen molar-refractivity contribution in [2.75, 3.05) is 14.2 Å². The highest BCUT2D eigenvalue weighted by atomic mass is 16.5. The quantitative estimate of drug-likeness (QED) is 0.516. The van der Waals surface area contributed by atoms with Crippen molar-refractivity contribution in [1.29, 1.82) is 0 Å². The zero-order valence-corrected chi connectivity index (χ0v) is 15.0. The molecule has 9 heteroatoms. The minimum atomic E-state index is -0.425. The predicted molar refractivity (Wildman–Crippen MR) is 103 cm³/mol. The lowest BCUT2D eigenvalue weighted by atomic mass is 10.1. The van der Waals surface area contributed by atoms with Crippen LogP contribution in [-0.4, -0.2) is 44.2 Å². The Labute approximate surface area is 157 Å². The first-order valence-electron chi connectivity index (χ1n) is 8.46. The van der Waals surface area contributed by atoms with Gasteiger partial charge in [0.05, 0.1) is 25.8 Å². The zero-order chi connectivity index (χ0) is 19.3. The summed E-state index contributed by atoms with van der Waals surface area (Å²) in [5.41, 5.74) is 1.62. The molecule has 0 bridgehead atoms. The molecule has 0 atom stereocenters. The van der Waals surface area contributed by atoms with Gasteiger partial charge in [0, 0.05) is 16.3 Å². The van der Waals surface area contributed by atoms with Crippen LogP contribution < -0.4 is 15.0 Å². The van der Waals surface area contributed by atoms with E-state index in [1.165, 1.54) is 14.2 Å². The second kappa shape index (κ2) is 6.02. The Balaban J connectivity index is 1.78. The van der Waals surface area contributed by atoms with Crippen molar-refractivity contribution in [2.24, 2.45) is 0 Å². The molecule has 0 amide bonds. The maximum Gasteiger partial charge on any atom is 0.286 e. The maximum atomic E-state index is 13.1. The summed E-state index contributed by atoms with van der Waals surface area (Å²) in [7, 11) is 3.00. The lowest BCUT2D eigenvalue weighted by Gasteiger charge is -2.11. The molecule has 9 nitrogen and oxygen atoms in total. The second-order valence-electron chi connectivity index (χ2n) is 6.11. The van der Waals surface area contributed by atoms with Crippen LogP contribution in [0.3, 0.4) is 0 Å². The van der Waals surface area contributed by atoms with E-state index in [-0.39, 0.29) is 5.95 Å². The van der Waals surface area contributed by atoms with E-state index in [0.29, 0.717) is 33.4 Å². The van der Waals surface area contributed by atoms with Gasteiger partial charge in [-0.1, -0.05) is 18.2 Å². The zero-order valence-electron chi connectivity index (χ0n) is 15.0. The van der Waals surface area contributed by atoms with E-state index < -0.39 is 5.56 Å². The van der Waals surface area contributed by atoms with E-state index in [2.05, 4.69) is 25.3 Å². The number of para-hydroxylation sites is 1. The first kappa shape index (κ1) is 16.2. The molecule has 138 valence electrons. The van der Waals surface area contributed by atoms with Crippen LogP contribution in [0.25, 0.3) is 38.8 Å². The SMILES string of the molecule is COc1ccc2cnn(-c3nnc4c(n3)[nH]c3ccccc34)c(=O)c2c1OC. The van der Waals surface area contributed by atoms with Crippen molar-refractivity contribution in [3.8, 4) is 17.4 Å². The van der Waals surface area contributed by atoms with Crippen LogP contribution >= 0.6 is 0 Å². The number of aromatic nitrogens is 6. The molecule has 0 aliphatic heterocycles. The van der Waals surface area contributed by atoms with Crippen LogP contribution in [0.2, 0.25) is 0 Å². The van der Waals surface area contributed by atoms with Crippen molar-refractivity contribution in [1.82, 2.24) is 29.9 Å². The van der Waals surface area contributed by atoms with Gasteiger partial charge in [0.25, 0.3) is 11.5 Å². The molecule has 0 saturated carbocycles. The molecule has 0 fully saturated rings. The molecule has 0 radical (unpaired) electrons. The van der Waals surface area contributed by atoms with Gasteiger partial charge in [-0.2, -0.15) is 14.8 Å². The third-order valence-corrected chi connectivity index (χ3v) is 4.60. The Morgan fingerprint density at radius 2 is 1.89 bits per heavy atom. The largest absolute Gasteiger partial charge is 0.493 e. The van der Waals surface area contributed by atoms with Gasteiger partial charge in [-0.05, 0) is 18.2 Å². The molecular formula is C19H14N6O3. The standard InChI is InChI=1S/C19H14N6O3/c1-27-13-8-7-10-9-20-25(18(26)14(10)16(13)28-2)19-22-17-15(23-24-19)11-5-3-4-6-12(11)21-17/h3-9H,1-2H3,(H,21,22,24). The summed E-state index contributed by atoms with van der Waals surface area (Å²) in [5.74, 6) is 0.853. The fourth-order valence-corrected chi connectivity index (χ4v) is 3.29. The molecule has 3 heterocycles. The lowest BCUT2D eigenvalue weighted by molar-refractivity contribution is 0.358. The first-order valence-corrected chi connectivity index (χ1v) is 8.46. The highest BCUT2D eigenvalue weighted by Gasteiger charge is 2.17. The minimum Gasteiger partial charge on any atom is -0.493 e. The Morgan fingerprint density at radius 3 is 2.71 bits per heavy atom. The smallest absolute Gasteiger partial charge is 0.286 e. The van der Waals surface area contributed by atoms with Crippen LogP contribution in [0.15, 0.2) is 47.4 Å². The van der Waals surface area contributed by atoms with Gasteiger partial charge in [0.1, 0.15) is 5.52 Å². The third kappa shape index (κ3) is 2.22. The van der Waals surface area contributed by atoms with Crippen molar-refractivity contribution in [2.45, 2.75) is 0 Å². The average Bonchev–Trinajstić information content (AvgIpc) is 3.11. The predicted octanol–water partition coefficient (Wildman–Crippen LogP) is 2.22. The molecule has 0 spiro atoms.